The summed E-state index contributed by atoms with van der Waals surface area (Å²) in [6, 6.07) is 34.5. The highest BCUT2D eigenvalue weighted by atomic mass is 15.1. The Hall–Kier alpha value is -4.62. The zero-order valence-corrected chi connectivity index (χ0v) is 23.1. The van der Waals surface area contributed by atoms with Crippen LogP contribution in [0.2, 0.25) is 0 Å². The number of rotatable bonds is 11. The van der Waals surface area contributed by atoms with E-state index in [0.29, 0.717) is 0 Å². The minimum absolute atomic E-state index is 0.741. The van der Waals surface area contributed by atoms with E-state index in [1.807, 2.05) is 12.2 Å². The highest BCUT2D eigenvalue weighted by Gasteiger charge is 2.08. The van der Waals surface area contributed by atoms with Gasteiger partial charge in [-0.2, -0.15) is 0 Å². The molecule has 0 aliphatic rings. The molecule has 1 heteroatoms. The molecule has 0 spiro atoms. The summed E-state index contributed by atoms with van der Waals surface area (Å²) in [6.45, 7) is 12.8. The maximum atomic E-state index is 3.94. The smallest absolute Gasteiger partial charge is 0.0416 e. The Morgan fingerprint density at radius 2 is 1.41 bits per heavy atom. The maximum Gasteiger partial charge on any atom is 0.0416 e. The third-order valence-electron chi connectivity index (χ3n) is 6.63. The number of nitrogens with zero attached hydrogens (tertiary/aromatic N) is 1. The fourth-order valence-electron chi connectivity index (χ4n) is 4.56. The van der Waals surface area contributed by atoms with Crippen molar-refractivity contribution in [2.24, 2.45) is 0 Å². The number of benzene rings is 4. The molecule has 0 aliphatic heterocycles. The van der Waals surface area contributed by atoms with Crippen molar-refractivity contribution < 1.29 is 0 Å². The molecule has 0 N–H and O–H groups in total. The largest absolute Gasteiger partial charge is 0.338 e. The molecule has 4 aromatic carbocycles. The van der Waals surface area contributed by atoms with Crippen molar-refractivity contribution in [3.63, 3.8) is 0 Å². The van der Waals surface area contributed by atoms with Crippen LogP contribution >= 0.6 is 0 Å². The number of allylic oxidation sites excluding steroid dienone is 5. The molecular formula is C38H37N. The Bertz CT molecular complexity index is 1480. The molecule has 0 aromatic heterocycles. The average molecular weight is 508 g/mol. The van der Waals surface area contributed by atoms with Crippen LogP contribution in [0, 0.1) is 13.8 Å². The summed E-state index contributed by atoms with van der Waals surface area (Å²) >= 11 is 0. The van der Waals surface area contributed by atoms with Gasteiger partial charge in [-0.25, -0.2) is 0 Å². The van der Waals surface area contributed by atoms with Gasteiger partial charge in [-0.3, -0.25) is 0 Å². The molecule has 1 nitrogen and oxygen atoms in total. The number of anilines is 2. The van der Waals surface area contributed by atoms with Crippen molar-refractivity contribution in [2.45, 2.75) is 20.3 Å². The molecule has 39 heavy (non-hydrogen) atoms. The first-order valence-corrected chi connectivity index (χ1v) is 13.4. The Kier molecular flexibility index (Phi) is 9.69. The van der Waals surface area contributed by atoms with Crippen molar-refractivity contribution in [1.29, 1.82) is 0 Å². The van der Waals surface area contributed by atoms with Gasteiger partial charge in [0, 0.05) is 17.9 Å². The van der Waals surface area contributed by atoms with Crippen molar-refractivity contribution in [3.8, 4) is 0 Å². The van der Waals surface area contributed by atoms with Crippen LogP contribution in [0.3, 0.4) is 0 Å². The Morgan fingerprint density at radius 3 is 2.08 bits per heavy atom. The summed E-state index contributed by atoms with van der Waals surface area (Å²) in [5.41, 5.74) is 10.8. The second-order valence-electron chi connectivity index (χ2n) is 9.72. The summed E-state index contributed by atoms with van der Waals surface area (Å²) in [7, 11) is 0. The van der Waals surface area contributed by atoms with Crippen molar-refractivity contribution in [2.75, 3.05) is 11.4 Å². The van der Waals surface area contributed by atoms with E-state index in [1.165, 1.54) is 33.5 Å². The molecule has 0 aliphatic carbocycles. The van der Waals surface area contributed by atoms with Gasteiger partial charge in [0.2, 0.25) is 0 Å². The van der Waals surface area contributed by atoms with Crippen molar-refractivity contribution in [3.05, 3.63) is 174 Å². The van der Waals surface area contributed by atoms with Crippen LogP contribution in [0.15, 0.2) is 141 Å². The van der Waals surface area contributed by atoms with Crippen LogP contribution in [0.4, 0.5) is 11.4 Å². The van der Waals surface area contributed by atoms with Crippen molar-refractivity contribution >= 4 is 29.1 Å². The zero-order chi connectivity index (χ0) is 27.5. The highest BCUT2D eigenvalue weighted by molar-refractivity contribution is 5.76. The van der Waals surface area contributed by atoms with Gasteiger partial charge in [0.15, 0.2) is 0 Å². The number of hydrogen-bond acceptors (Lipinski definition) is 1. The average Bonchev–Trinajstić information content (AvgIpc) is 2.95. The van der Waals surface area contributed by atoms with E-state index in [2.05, 4.69) is 159 Å². The Morgan fingerprint density at radius 1 is 0.718 bits per heavy atom. The maximum absolute atomic E-state index is 3.94. The fourth-order valence-corrected chi connectivity index (χ4v) is 4.56. The first-order valence-electron chi connectivity index (χ1n) is 13.4. The SMILES string of the molecule is C=C/C=C(\C=C/CN(c1ccc(C=C)cc1)c1cccc(C)c1)c1ccc(/C=C/Cc2cccc(C)c2)cc1. The lowest BCUT2D eigenvalue weighted by Crippen LogP contribution is -2.17. The van der Waals surface area contributed by atoms with Crippen LogP contribution < -0.4 is 4.90 Å². The lowest BCUT2D eigenvalue weighted by Gasteiger charge is -2.24. The Balaban J connectivity index is 1.49. The van der Waals surface area contributed by atoms with E-state index in [1.54, 1.807) is 0 Å². The minimum Gasteiger partial charge on any atom is -0.338 e. The highest BCUT2D eigenvalue weighted by Crippen LogP contribution is 2.27. The molecule has 0 heterocycles. The van der Waals surface area contributed by atoms with Crippen LogP contribution in [0.25, 0.3) is 17.7 Å². The second-order valence-corrected chi connectivity index (χ2v) is 9.72. The topological polar surface area (TPSA) is 3.24 Å². The number of aryl methyl sites for hydroxylation is 2. The van der Waals surface area contributed by atoms with E-state index in [0.717, 1.165) is 29.8 Å². The molecule has 0 radical (unpaired) electrons. The summed E-state index contributed by atoms with van der Waals surface area (Å²) in [4.78, 5) is 2.32. The third kappa shape index (κ3) is 7.93. The van der Waals surface area contributed by atoms with Gasteiger partial charge < -0.3 is 4.90 Å². The van der Waals surface area contributed by atoms with Crippen molar-refractivity contribution in [1.82, 2.24) is 0 Å². The summed E-state index contributed by atoms with van der Waals surface area (Å²) < 4.78 is 0. The first kappa shape index (κ1) is 27.4. The standard InChI is InChI=1S/C38H37N/c1-5-11-35(36-23-19-33(20-24-36)14-9-16-34-15-7-12-30(3)28-34)17-10-27-39(38-18-8-13-31(4)29-38)37-25-21-32(6-2)22-26-37/h5-15,17-26,28-29H,1-2,16,27H2,3-4H3/b14-9+,17-10-,35-11+. The van der Waals surface area contributed by atoms with Gasteiger partial charge in [0.05, 0.1) is 0 Å². The quantitative estimate of drug-likeness (QED) is 0.183. The first-order chi connectivity index (χ1) is 19.1. The van der Waals surface area contributed by atoms with Crippen LogP contribution in [0.5, 0.6) is 0 Å². The molecule has 0 amide bonds. The lowest BCUT2D eigenvalue weighted by molar-refractivity contribution is 1.09. The molecule has 4 rings (SSSR count). The lowest BCUT2D eigenvalue weighted by atomic mass is 10.0. The van der Waals surface area contributed by atoms with Crippen LogP contribution in [0.1, 0.15) is 33.4 Å². The van der Waals surface area contributed by atoms with Gasteiger partial charge in [-0.05, 0) is 77.9 Å². The van der Waals surface area contributed by atoms with Gasteiger partial charge in [0.25, 0.3) is 0 Å². The molecule has 0 saturated carbocycles. The molecule has 0 atom stereocenters. The third-order valence-corrected chi connectivity index (χ3v) is 6.63. The van der Waals surface area contributed by atoms with Crippen LogP contribution in [-0.4, -0.2) is 6.54 Å². The van der Waals surface area contributed by atoms with Crippen LogP contribution in [-0.2, 0) is 6.42 Å². The van der Waals surface area contributed by atoms with E-state index in [4.69, 9.17) is 0 Å². The molecule has 194 valence electrons. The van der Waals surface area contributed by atoms with Gasteiger partial charge >= 0.3 is 0 Å². The minimum atomic E-state index is 0.741. The monoisotopic (exact) mass is 507 g/mol. The van der Waals surface area contributed by atoms with E-state index < -0.39 is 0 Å². The predicted molar refractivity (Wildman–Crippen MR) is 172 cm³/mol. The fraction of sp³-hybridized carbons (Fsp3) is 0.105. The van der Waals surface area contributed by atoms with E-state index in [9.17, 15) is 0 Å². The molecule has 0 bridgehead atoms. The molecule has 4 aromatic rings. The van der Waals surface area contributed by atoms with E-state index in [-0.39, 0.29) is 0 Å². The van der Waals surface area contributed by atoms with Gasteiger partial charge in [-0.1, -0.05) is 134 Å². The molecule has 0 saturated heterocycles. The number of hydrogen-bond donors (Lipinski definition) is 0. The molecule has 0 fully saturated rings. The second kappa shape index (κ2) is 13.8. The van der Waals surface area contributed by atoms with Gasteiger partial charge in [0.1, 0.15) is 0 Å². The van der Waals surface area contributed by atoms with Gasteiger partial charge in [-0.15, -0.1) is 0 Å². The zero-order valence-electron chi connectivity index (χ0n) is 23.1. The summed E-state index contributed by atoms with van der Waals surface area (Å²) in [6.07, 6.45) is 15.5. The molecule has 0 unspecified atom stereocenters. The Labute approximate surface area is 234 Å². The van der Waals surface area contributed by atoms with E-state index >= 15 is 0 Å². The normalized spacial score (nSPS) is 11.7. The summed E-state index contributed by atoms with van der Waals surface area (Å²) in [5, 5.41) is 0. The summed E-state index contributed by atoms with van der Waals surface area (Å²) in [5.74, 6) is 0. The predicted octanol–water partition coefficient (Wildman–Crippen LogP) is 10.2. The molecular weight excluding hydrogens is 470 g/mol.